The van der Waals surface area contributed by atoms with Crippen molar-refractivity contribution in [1.29, 1.82) is 0 Å². The number of amides is 2. The quantitative estimate of drug-likeness (QED) is 0.328. The Morgan fingerprint density at radius 1 is 0.950 bits per heavy atom. The molecule has 2 aliphatic rings. The van der Waals surface area contributed by atoms with E-state index < -0.39 is 5.41 Å². The summed E-state index contributed by atoms with van der Waals surface area (Å²) < 4.78 is 0. The van der Waals surface area contributed by atoms with Crippen molar-refractivity contribution in [2.45, 2.75) is 50.1 Å². The number of halogens is 2. The molecule has 1 N–H and O–H groups in total. The number of likely N-dealkylation sites (tertiary alicyclic amines) is 1. The molecule has 2 fully saturated rings. The van der Waals surface area contributed by atoms with Gasteiger partial charge in [-0.2, -0.15) is 0 Å². The van der Waals surface area contributed by atoms with Crippen LogP contribution in [0, 0.1) is 5.92 Å². The first-order valence-corrected chi connectivity index (χ1v) is 14.8. The monoisotopic (exact) mass is 577 g/mol. The lowest BCUT2D eigenvalue weighted by molar-refractivity contribution is -0.135. The van der Waals surface area contributed by atoms with Gasteiger partial charge in [0.05, 0.1) is 27.0 Å². The summed E-state index contributed by atoms with van der Waals surface area (Å²) in [6, 6.07) is 26.0. The standard InChI is InChI=1S/C33H37Cl2N3O2/c1-23(25-10-6-4-7-11-25)37(3)31(40)33(27-14-15-29(34)30(35)20-27)21-28(33)22-38-18-16-32(17-19-38,36-24(2)39)26-12-8-5-9-13-26/h4-15,20,23,28H,16-19,21-22H2,1-3H3,(H,36,39)/t23?,28-,33+/m0/s1. The van der Waals surface area contributed by atoms with Crippen molar-refractivity contribution >= 4 is 35.0 Å². The van der Waals surface area contributed by atoms with Crippen molar-refractivity contribution in [2.75, 3.05) is 26.7 Å². The van der Waals surface area contributed by atoms with Gasteiger partial charge < -0.3 is 15.1 Å². The molecule has 210 valence electrons. The van der Waals surface area contributed by atoms with Gasteiger partial charge in [-0.05, 0) is 60.9 Å². The second kappa shape index (κ2) is 11.6. The van der Waals surface area contributed by atoms with Crippen LogP contribution in [0.3, 0.4) is 0 Å². The van der Waals surface area contributed by atoms with Crippen molar-refractivity contribution in [3.8, 4) is 0 Å². The van der Waals surface area contributed by atoms with Crippen LogP contribution in [0.25, 0.3) is 0 Å². The van der Waals surface area contributed by atoms with E-state index >= 15 is 0 Å². The normalized spacial score (nSPS) is 22.8. The summed E-state index contributed by atoms with van der Waals surface area (Å²) in [5.74, 6) is 0.257. The van der Waals surface area contributed by atoms with E-state index in [4.69, 9.17) is 23.2 Å². The molecule has 5 rings (SSSR count). The maximum Gasteiger partial charge on any atom is 0.233 e. The van der Waals surface area contributed by atoms with Crippen LogP contribution in [-0.2, 0) is 20.5 Å². The van der Waals surface area contributed by atoms with Crippen LogP contribution in [0.2, 0.25) is 10.0 Å². The van der Waals surface area contributed by atoms with Gasteiger partial charge in [-0.1, -0.05) is 89.9 Å². The number of hydrogen-bond acceptors (Lipinski definition) is 3. The molecule has 1 heterocycles. The Kier molecular flexibility index (Phi) is 8.28. The lowest BCUT2D eigenvalue weighted by atomic mass is 9.80. The Labute approximate surface area is 247 Å². The van der Waals surface area contributed by atoms with E-state index in [0.29, 0.717) is 10.0 Å². The molecule has 3 atom stereocenters. The second-order valence-electron chi connectivity index (χ2n) is 11.4. The van der Waals surface area contributed by atoms with Crippen LogP contribution in [0.4, 0.5) is 0 Å². The zero-order valence-corrected chi connectivity index (χ0v) is 24.9. The average molecular weight is 579 g/mol. The van der Waals surface area contributed by atoms with Gasteiger partial charge in [0.1, 0.15) is 0 Å². The van der Waals surface area contributed by atoms with Gasteiger partial charge in [0.25, 0.3) is 0 Å². The maximum atomic E-state index is 14.3. The van der Waals surface area contributed by atoms with E-state index in [2.05, 4.69) is 41.4 Å². The average Bonchev–Trinajstić information content (AvgIpc) is 3.69. The minimum Gasteiger partial charge on any atom is -0.347 e. The third-order valence-corrected chi connectivity index (χ3v) is 9.77. The third-order valence-electron chi connectivity index (χ3n) is 9.03. The number of nitrogens with zero attached hydrogens (tertiary/aromatic N) is 2. The Balaban J connectivity index is 1.36. The highest BCUT2D eigenvalue weighted by Crippen LogP contribution is 2.57. The van der Waals surface area contributed by atoms with Gasteiger partial charge in [0.15, 0.2) is 0 Å². The van der Waals surface area contributed by atoms with Gasteiger partial charge in [-0.15, -0.1) is 0 Å². The fraction of sp³-hybridized carbons (Fsp3) is 0.394. The number of benzene rings is 3. The van der Waals surface area contributed by atoms with E-state index in [-0.39, 0.29) is 29.3 Å². The summed E-state index contributed by atoms with van der Waals surface area (Å²) in [5.41, 5.74) is 2.17. The molecular formula is C33H37Cl2N3O2. The predicted molar refractivity (Wildman–Crippen MR) is 161 cm³/mol. The first kappa shape index (κ1) is 28.7. The highest BCUT2D eigenvalue weighted by Gasteiger charge is 2.62. The van der Waals surface area contributed by atoms with Gasteiger partial charge in [0, 0.05) is 33.6 Å². The van der Waals surface area contributed by atoms with Crippen LogP contribution in [0.1, 0.15) is 55.8 Å². The van der Waals surface area contributed by atoms with E-state index in [1.165, 1.54) is 0 Å². The lowest BCUT2D eigenvalue weighted by Gasteiger charge is -2.43. The number of rotatable bonds is 8. The van der Waals surface area contributed by atoms with Crippen molar-refractivity contribution in [2.24, 2.45) is 5.92 Å². The van der Waals surface area contributed by atoms with Crippen molar-refractivity contribution in [1.82, 2.24) is 15.1 Å². The number of carbonyl (C=O) groups is 2. The van der Waals surface area contributed by atoms with Gasteiger partial charge >= 0.3 is 0 Å². The zero-order chi connectivity index (χ0) is 28.5. The second-order valence-corrected chi connectivity index (χ2v) is 12.2. The summed E-state index contributed by atoms with van der Waals surface area (Å²) in [6.45, 7) is 6.15. The predicted octanol–water partition coefficient (Wildman–Crippen LogP) is 6.60. The Hall–Kier alpha value is -2.86. The van der Waals surface area contributed by atoms with E-state index in [9.17, 15) is 9.59 Å². The molecule has 7 heteroatoms. The first-order chi connectivity index (χ1) is 19.2. The number of carbonyl (C=O) groups excluding carboxylic acids is 2. The largest absolute Gasteiger partial charge is 0.347 e. The molecule has 0 aromatic heterocycles. The van der Waals surface area contributed by atoms with Crippen LogP contribution < -0.4 is 5.32 Å². The van der Waals surface area contributed by atoms with Crippen LogP contribution >= 0.6 is 23.2 Å². The number of hydrogen-bond donors (Lipinski definition) is 1. The summed E-state index contributed by atoms with van der Waals surface area (Å²) in [7, 11) is 1.90. The molecule has 5 nitrogen and oxygen atoms in total. The molecule has 1 unspecified atom stereocenters. The van der Waals surface area contributed by atoms with Crippen molar-refractivity contribution in [3.05, 3.63) is 106 Å². The van der Waals surface area contributed by atoms with Gasteiger partial charge in [0.2, 0.25) is 11.8 Å². The molecule has 40 heavy (non-hydrogen) atoms. The molecule has 3 aromatic carbocycles. The minimum atomic E-state index is -0.641. The van der Waals surface area contributed by atoms with Crippen LogP contribution in [-0.4, -0.2) is 48.3 Å². The zero-order valence-electron chi connectivity index (χ0n) is 23.4. The van der Waals surface area contributed by atoms with Gasteiger partial charge in [-0.25, -0.2) is 0 Å². The van der Waals surface area contributed by atoms with Crippen LogP contribution in [0.5, 0.6) is 0 Å². The molecule has 2 amide bonds. The number of likely N-dealkylation sites (N-methyl/N-ethyl adjacent to an activating group) is 1. The molecule has 0 bridgehead atoms. The summed E-state index contributed by atoms with van der Waals surface area (Å²) in [5, 5.41) is 4.22. The van der Waals surface area contributed by atoms with E-state index in [1.54, 1.807) is 13.0 Å². The topological polar surface area (TPSA) is 52.7 Å². The van der Waals surface area contributed by atoms with Crippen LogP contribution in [0.15, 0.2) is 78.9 Å². The fourth-order valence-corrected chi connectivity index (χ4v) is 6.82. The molecular weight excluding hydrogens is 541 g/mol. The molecule has 1 aliphatic heterocycles. The van der Waals surface area contributed by atoms with E-state index in [0.717, 1.165) is 55.6 Å². The van der Waals surface area contributed by atoms with Crippen molar-refractivity contribution < 1.29 is 9.59 Å². The fourth-order valence-electron chi connectivity index (χ4n) is 6.52. The molecule has 1 saturated carbocycles. The Bertz CT molecular complexity index is 1360. The number of nitrogens with one attached hydrogen (secondary N) is 1. The third kappa shape index (κ3) is 5.52. The molecule has 0 radical (unpaired) electrons. The summed E-state index contributed by atoms with van der Waals surface area (Å²) in [4.78, 5) is 30.8. The summed E-state index contributed by atoms with van der Waals surface area (Å²) in [6.07, 6.45) is 2.41. The minimum absolute atomic E-state index is 0.0145. The van der Waals surface area contributed by atoms with Crippen molar-refractivity contribution in [3.63, 3.8) is 0 Å². The first-order valence-electron chi connectivity index (χ1n) is 14.0. The molecule has 0 spiro atoms. The SMILES string of the molecule is CC(=O)NC1(c2ccccc2)CCN(C[C@@H]2C[C@@]2(C(=O)N(C)C(C)c2ccccc2)c2ccc(Cl)c(Cl)c2)CC1. The lowest BCUT2D eigenvalue weighted by Crippen LogP contribution is -2.53. The smallest absolute Gasteiger partial charge is 0.233 e. The highest BCUT2D eigenvalue weighted by atomic mass is 35.5. The Morgan fingerprint density at radius 2 is 1.57 bits per heavy atom. The molecule has 1 saturated heterocycles. The van der Waals surface area contributed by atoms with Gasteiger partial charge in [-0.3, -0.25) is 9.59 Å². The number of piperidine rings is 1. The highest BCUT2D eigenvalue weighted by molar-refractivity contribution is 6.42. The summed E-state index contributed by atoms with van der Waals surface area (Å²) >= 11 is 12.7. The molecule has 3 aromatic rings. The molecule has 1 aliphatic carbocycles. The van der Waals surface area contributed by atoms with E-state index in [1.807, 2.05) is 60.5 Å². The maximum absolute atomic E-state index is 14.3. The Morgan fingerprint density at radius 3 is 2.17 bits per heavy atom.